The summed E-state index contributed by atoms with van der Waals surface area (Å²) >= 11 is 11.4. The molecule has 0 saturated heterocycles. The topological polar surface area (TPSA) is 63.4 Å². The zero-order valence-corrected chi connectivity index (χ0v) is 8.55. The fraction of sp³-hybridized carbons (Fsp3) is 0.250. The first-order valence-corrected chi connectivity index (χ1v) is 4.55. The molecule has 76 valence electrons. The van der Waals surface area contributed by atoms with Gasteiger partial charge in [0, 0.05) is 27.0 Å². The number of halogens is 2. The van der Waals surface area contributed by atoms with Crippen LogP contribution in [0.3, 0.4) is 0 Å². The summed E-state index contributed by atoms with van der Waals surface area (Å²) in [6.07, 6.45) is 0.0921. The van der Waals surface area contributed by atoms with Crippen molar-refractivity contribution in [3.63, 3.8) is 0 Å². The average Bonchev–Trinajstić information content (AvgIpc) is 2.01. The summed E-state index contributed by atoms with van der Waals surface area (Å²) in [5.41, 5.74) is 0.354. The molecule has 4 nitrogen and oxygen atoms in total. The van der Waals surface area contributed by atoms with Crippen LogP contribution >= 0.6 is 23.2 Å². The van der Waals surface area contributed by atoms with Crippen molar-refractivity contribution in [1.29, 1.82) is 0 Å². The van der Waals surface area contributed by atoms with Crippen molar-refractivity contribution >= 4 is 23.2 Å². The van der Waals surface area contributed by atoms with Gasteiger partial charge in [0.15, 0.2) is 0 Å². The van der Waals surface area contributed by atoms with Crippen molar-refractivity contribution in [3.05, 3.63) is 37.9 Å². The summed E-state index contributed by atoms with van der Waals surface area (Å²) in [6.45, 7) is -0.269. The monoisotopic (exact) mass is 235 g/mol. The average molecular weight is 236 g/mol. The summed E-state index contributed by atoms with van der Waals surface area (Å²) < 4.78 is 0. The summed E-state index contributed by atoms with van der Waals surface area (Å²) in [7, 11) is 0. The number of hydrogen-bond donors (Lipinski definition) is 1. The molecule has 0 unspecified atom stereocenters. The van der Waals surface area contributed by atoms with Crippen molar-refractivity contribution in [3.8, 4) is 5.75 Å². The highest BCUT2D eigenvalue weighted by Crippen LogP contribution is 2.30. The lowest BCUT2D eigenvalue weighted by molar-refractivity contribution is -0.479. The van der Waals surface area contributed by atoms with E-state index in [2.05, 4.69) is 0 Å². The van der Waals surface area contributed by atoms with Gasteiger partial charge in [-0.25, -0.2) is 0 Å². The Hall–Kier alpha value is -1.000. The second kappa shape index (κ2) is 4.48. The number of hydrogen-bond acceptors (Lipinski definition) is 3. The van der Waals surface area contributed by atoms with Crippen molar-refractivity contribution in [1.82, 2.24) is 0 Å². The molecule has 0 atom stereocenters. The fourth-order valence-electron chi connectivity index (χ4n) is 1.04. The van der Waals surface area contributed by atoms with Crippen LogP contribution in [0.1, 0.15) is 5.56 Å². The smallest absolute Gasteiger partial charge is 0.208 e. The number of phenolic OH excluding ortho intramolecular Hbond substituents is 1. The number of rotatable bonds is 3. The third-order valence-corrected chi connectivity index (χ3v) is 2.24. The van der Waals surface area contributed by atoms with Gasteiger partial charge in [-0.2, -0.15) is 0 Å². The molecule has 1 aromatic rings. The summed E-state index contributed by atoms with van der Waals surface area (Å²) in [5.74, 6) is -0.107. The molecule has 0 spiro atoms. The molecule has 0 bridgehead atoms. The first kappa shape index (κ1) is 11.1. The van der Waals surface area contributed by atoms with Gasteiger partial charge in [-0.05, 0) is 12.1 Å². The van der Waals surface area contributed by atoms with Crippen LogP contribution in [0.15, 0.2) is 12.1 Å². The minimum absolute atomic E-state index is 0.0921. The quantitative estimate of drug-likeness (QED) is 0.647. The Labute approximate surface area is 90.2 Å². The van der Waals surface area contributed by atoms with Crippen LogP contribution in [0.25, 0.3) is 0 Å². The molecule has 0 heterocycles. The first-order chi connectivity index (χ1) is 6.50. The zero-order valence-electron chi connectivity index (χ0n) is 7.04. The number of nitro groups is 1. The lowest BCUT2D eigenvalue weighted by Crippen LogP contribution is -2.04. The molecule has 0 aliphatic rings. The van der Waals surface area contributed by atoms with Crippen LogP contribution in [0.4, 0.5) is 0 Å². The number of benzene rings is 1. The maximum atomic E-state index is 10.1. The molecular weight excluding hydrogens is 229 g/mol. The summed E-state index contributed by atoms with van der Waals surface area (Å²) in [6, 6.07) is 2.75. The van der Waals surface area contributed by atoms with Crippen molar-refractivity contribution in [2.24, 2.45) is 0 Å². The van der Waals surface area contributed by atoms with E-state index in [0.717, 1.165) is 0 Å². The molecule has 1 N–H and O–H groups in total. The predicted octanol–water partition coefficient (Wildman–Crippen LogP) is 2.52. The Morgan fingerprint density at radius 1 is 1.43 bits per heavy atom. The van der Waals surface area contributed by atoms with Crippen LogP contribution in [0, 0.1) is 10.1 Å². The second-order valence-electron chi connectivity index (χ2n) is 2.69. The zero-order chi connectivity index (χ0) is 10.7. The van der Waals surface area contributed by atoms with Gasteiger partial charge in [0.2, 0.25) is 6.54 Å². The Morgan fingerprint density at radius 3 is 2.57 bits per heavy atom. The Bertz CT molecular complexity index is 345. The highest BCUT2D eigenvalue weighted by Gasteiger charge is 2.10. The van der Waals surface area contributed by atoms with Gasteiger partial charge in [-0.3, -0.25) is 10.1 Å². The first-order valence-electron chi connectivity index (χ1n) is 3.79. The third-order valence-electron chi connectivity index (χ3n) is 1.68. The minimum Gasteiger partial charge on any atom is -0.508 e. The number of phenols is 1. The van der Waals surface area contributed by atoms with Gasteiger partial charge >= 0.3 is 0 Å². The van der Waals surface area contributed by atoms with E-state index in [0.29, 0.717) is 10.6 Å². The van der Waals surface area contributed by atoms with Crippen molar-refractivity contribution in [2.45, 2.75) is 6.42 Å². The molecular formula is C8H7Cl2NO3. The molecule has 1 aromatic carbocycles. The normalized spacial score (nSPS) is 10.1. The largest absolute Gasteiger partial charge is 0.508 e. The van der Waals surface area contributed by atoms with E-state index >= 15 is 0 Å². The molecule has 6 heteroatoms. The van der Waals surface area contributed by atoms with Crippen LogP contribution < -0.4 is 0 Å². The highest BCUT2D eigenvalue weighted by atomic mass is 35.5. The Morgan fingerprint density at radius 2 is 2.07 bits per heavy atom. The van der Waals surface area contributed by atoms with Gasteiger partial charge in [-0.1, -0.05) is 23.2 Å². The SMILES string of the molecule is O=[N+]([O-])CCc1c(O)cc(Cl)cc1Cl. The second-order valence-corrected chi connectivity index (χ2v) is 3.54. The van der Waals surface area contributed by atoms with Crippen LogP contribution in [0.5, 0.6) is 5.75 Å². The number of aromatic hydroxyl groups is 1. The standard InChI is InChI=1S/C8H7Cl2NO3/c9-5-3-7(10)6(8(12)4-5)1-2-11(13)14/h3-4,12H,1-2H2. The van der Waals surface area contributed by atoms with Crippen molar-refractivity contribution in [2.75, 3.05) is 6.54 Å². The Balaban J connectivity index is 2.91. The number of nitrogens with zero attached hydrogens (tertiary/aromatic N) is 1. The van der Waals surface area contributed by atoms with Crippen LogP contribution in [-0.4, -0.2) is 16.6 Å². The van der Waals surface area contributed by atoms with E-state index in [1.807, 2.05) is 0 Å². The van der Waals surface area contributed by atoms with Gasteiger partial charge in [-0.15, -0.1) is 0 Å². The van der Waals surface area contributed by atoms with Gasteiger partial charge in [0.05, 0.1) is 0 Å². The maximum Gasteiger partial charge on any atom is 0.208 e. The van der Waals surface area contributed by atoms with E-state index in [-0.39, 0.29) is 23.7 Å². The molecule has 14 heavy (non-hydrogen) atoms. The molecule has 0 radical (unpaired) electrons. The molecule has 0 aromatic heterocycles. The van der Waals surface area contributed by atoms with E-state index in [9.17, 15) is 15.2 Å². The van der Waals surface area contributed by atoms with E-state index in [1.54, 1.807) is 0 Å². The molecule has 1 rings (SSSR count). The molecule has 0 saturated carbocycles. The van der Waals surface area contributed by atoms with E-state index in [1.165, 1.54) is 12.1 Å². The van der Waals surface area contributed by atoms with Crippen molar-refractivity contribution < 1.29 is 10.0 Å². The van der Waals surface area contributed by atoms with Crippen LogP contribution in [-0.2, 0) is 6.42 Å². The van der Waals surface area contributed by atoms with Crippen LogP contribution in [0.2, 0.25) is 10.0 Å². The predicted molar refractivity (Wildman–Crippen MR) is 53.7 cm³/mol. The maximum absolute atomic E-state index is 10.1. The molecule has 0 fully saturated rings. The summed E-state index contributed by atoms with van der Waals surface area (Å²) in [4.78, 5) is 9.65. The lowest BCUT2D eigenvalue weighted by Gasteiger charge is -2.04. The molecule has 0 aliphatic carbocycles. The Kier molecular flexibility index (Phi) is 3.55. The summed E-state index contributed by atoms with van der Waals surface area (Å²) in [5, 5.41) is 20.1. The fourth-order valence-corrected chi connectivity index (χ4v) is 1.62. The van der Waals surface area contributed by atoms with Gasteiger partial charge < -0.3 is 5.11 Å². The minimum atomic E-state index is -0.468. The third kappa shape index (κ3) is 2.75. The van der Waals surface area contributed by atoms with Gasteiger partial charge in [0.1, 0.15) is 5.75 Å². The highest BCUT2D eigenvalue weighted by molar-refractivity contribution is 6.35. The van der Waals surface area contributed by atoms with Gasteiger partial charge in [0.25, 0.3) is 0 Å². The molecule has 0 amide bonds. The van der Waals surface area contributed by atoms with E-state index in [4.69, 9.17) is 23.2 Å². The lowest BCUT2D eigenvalue weighted by atomic mass is 10.1. The molecule has 0 aliphatic heterocycles. The van der Waals surface area contributed by atoms with E-state index < -0.39 is 4.92 Å².